The van der Waals surface area contributed by atoms with Crippen LogP contribution >= 0.6 is 0 Å². The van der Waals surface area contributed by atoms with Gasteiger partial charge in [0.25, 0.3) is 5.91 Å². The lowest BCUT2D eigenvalue weighted by atomic mass is 10.0. The second kappa shape index (κ2) is 7.39. The number of sulfonamides is 1. The Bertz CT molecular complexity index is 1140. The van der Waals surface area contributed by atoms with Crippen LogP contribution in [0.25, 0.3) is 0 Å². The fourth-order valence-corrected chi connectivity index (χ4v) is 4.84. The Kier molecular flexibility index (Phi) is 5.26. The summed E-state index contributed by atoms with van der Waals surface area (Å²) in [6.45, 7) is 7.22. The minimum absolute atomic E-state index is 0.00194. The van der Waals surface area contributed by atoms with Crippen LogP contribution in [0.1, 0.15) is 35.0 Å². The smallest absolute Gasteiger partial charge is 0.276 e. The molecular weight excluding hydrogens is 392 g/mol. The number of aromatic nitrogens is 1. The van der Waals surface area contributed by atoms with E-state index in [1.54, 1.807) is 45.2 Å². The second-order valence-corrected chi connectivity index (χ2v) is 8.98. The third-order valence-corrected chi connectivity index (χ3v) is 6.37. The number of aryl methyl sites for hydroxylation is 2. The number of benzene rings is 1. The highest BCUT2D eigenvalue weighted by molar-refractivity contribution is 7.89. The first kappa shape index (κ1) is 20.6. The second-order valence-electron chi connectivity index (χ2n) is 7.33. The Morgan fingerprint density at radius 2 is 2.24 bits per heavy atom. The van der Waals surface area contributed by atoms with E-state index in [1.165, 1.54) is 10.8 Å². The van der Waals surface area contributed by atoms with E-state index in [0.29, 0.717) is 17.7 Å². The van der Waals surface area contributed by atoms with Gasteiger partial charge in [-0.2, -0.15) is 5.26 Å². The van der Waals surface area contributed by atoms with Crippen LogP contribution in [-0.4, -0.2) is 31.0 Å². The largest absolute Gasteiger partial charge is 0.488 e. The molecule has 1 aromatic carbocycles. The van der Waals surface area contributed by atoms with Gasteiger partial charge in [0, 0.05) is 18.9 Å². The summed E-state index contributed by atoms with van der Waals surface area (Å²) in [5.41, 5.74) is 0.861. The lowest BCUT2D eigenvalue weighted by Gasteiger charge is -2.26. The summed E-state index contributed by atoms with van der Waals surface area (Å²) in [6.07, 6.45) is 3.33. The molecule has 2 heterocycles. The minimum atomic E-state index is -3.90. The van der Waals surface area contributed by atoms with Crippen LogP contribution in [0.15, 0.2) is 41.9 Å². The Morgan fingerprint density at radius 1 is 1.52 bits per heavy atom. The van der Waals surface area contributed by atoms with E-state index in [0.717, 1.165) is 5.56 Å². The number of ether oxygens (including phenoxy) is 1. The molecule has 0 unspecified atom stereocenters. The first-order valence-corrected chi connectivity index (χ1v) is 10.4. The topological polar surface area (TPSA) is 113 Å². The quantitative estimate of drug-likeness (QED) is 0.746. The van der Waals surface area contributed by atoms with Crippen molar-refractivity contribution in [3.63, 3.8) is 0 Å². The number of amides is 1. The van der Waals surface area contributed by atoms with E-state index in [-0.39, 0.29) is 22.9 Å². The van der Waals surface area contributed by atoms with Crippen molar-refractivity contribution in [2.45, 2.75) is 30.7 Å². The third-order valence-electron chi connectivity index (χ3n) is 4.73. The van der Waals surface area contributed by atoms with Crippen LogP contribution < -0.4 is 14.8 Å². The molecule has 8 nitrogen and oxygen atoms in total. The van der Waals surface area contributed by atoms with Gasteiger partial charge in [-0.15, -0.1) is 6.58 Å². The maximum Gasteiger partial charge on any atom is 0.276 e. The van der Waals surface area contributed by atoms with Gasteiger partial charge < -0.3 is 14.6 Å². The van der Waals surface area contributed by atoms with Gasteiger partial charge >= 0.3 is 0 Å². The van der Waals surface area contributed by atoms with E-state index in [1.807, 2.05) is 0 Å². The average molecular weight is 414 g/mol. The number of hydrogen-bond donors (Lipinski definition) is 2. The fourth-order valence-electron chi connectivity index (χ4n) is 3.24. The molecule has 29 heavy (non-hydrogen) atoms. The van der Waals surface area contributed by atoms with E-state index in [2.05, 4.69) is 22.7 Å². The number of rotatable bonds is 4. The molecule has 0 saturated heterocycles. The number of carbonyl (C=O) groups is 1. The van der Waals surface area contributed by atoms with Gasteiger partial charge in [-0.1, -0.05) is 12.1 Å². The highest BCUT2D eigenvalue weighted by Crippen LogP contribution is 2.35. The summed E-state index contributed by atoms with van der Waals surface area (Å²) >= 11 is 0. The zero-order chi connectivity index (χ0) is 21.4. The highest BCUT2D eigenvalue weighted by Gasteiger charge is 2.39. The van der Waals surface area contributed by atoms with Crippen LogP contribution in [0.4, 0.5) is 5.69 Å². The van der Waals surface area contributed by atoms with E-state index in [4.69, 9.17) is 4.74 Å². The molecule has 0 bridgehead atoms. The standard InChI is InChI=1S/C20H22N4O4S/c1-5-8-20(3)12-28-18-16(29(26,27)23-20)11-24(4)17(18)19(25)22-15-7-6-13(2)14(9-15)10-21/h5-7,9,11,23H,1,8,12H2,2-4H3,(H,22,25)/t20-/m1/s1. The zero-order valence-corrected chi connectivity index (χ0v) is 17.3. The number of anilines is 1. The van der Waals surface area contributed by atoms with Crippen LogP contribution in [-0.2, 0) is 17.1 Å². The van der Waals surface area contributed by atoms with Gasteiger partial charge in [-0.05, 0) is 38.0 Å². The van der Waals surface area contributed by atoms with Crippen LogP contribution in [0.2, 0.25) is 0 Å². The van der Waals surface area contributed by atoms with E-state index < -0.39 is 21.5 Å². The molecule has 0 aliphatic carbocycles. The molecule has 2 N–H and O–H groups in total. The number of carbonyl (C=O) groups excluding carboxylic acids is 1. The Hall–Kier alpha value is -3.09. The molecule has 2 aromatic rings. The maximum atomic E-state index is 12.9. The molecule has 1 aliphatic heterocycles. The first-order valence-electron chi connectivity index (χ1n) is 8.89. The lowest BCUT2D eigenvalue weighted by molar-refractivity contribution is 0.101. The van der Waals surface area contributed by atoms with Crippen LogP contribution in [0.3, 0.4) is 0 Å². The van der Waals surface area contributed by atoms with E-state index >= 15 is 0 Å². The molecule has 1 aliphatic rings. The summed E-state index contributed by atoms with van der Waals surface area (Å²) in [7, 11) is -2.33. The molecule has 0 spiro atoms. The van der Waals surface area contributed by atoms with Crippen molar-refractivity contribution in [2.75, 3.05) is 11.9 Å². The molecule has 1 amide bonds. The van der Waals surface area contributed by atoms with Gasteiger partial charge in [0.2, 0.25) is 10.0 Å². The normalized spacial score (nSPS) is 19.9. The van der Waals surface area contributed by atoms with Crippen LogP contribution in [0, 0.1) is 18.3 Å². The van der Waals surface area contributed by atoms with Crippen molar-refractivity contribution in [1.29, 1.82) is 5.26 Å². The van der Waals surface area contributed by atoms with Crippen molar-refractivity contribution in [2.24, 2.45) is 7.05 Å². The van der Waals surface area contributed by atoms with Gasteiger partial charge in [0.1, 0.15) is 11.5 Å². The molecule has 1 atom stereocenters. The summed E-state index contributed by atoms with van der Waals surface area (Å²) in [5, 5.41) is 11.9. The summed E-state index contributed by atoms with van der Waals surface area (Å²) in [4.78, 5) is 12.8. The molecule has 0 fully saturated rings. The SMILES string of the molecule is C=CC[C@]1(C)COc2c(cn(C)c2C(=O)Nc2ccc(C)c(C#N)c2)S(=O)(=O)N1. The number of hydrogen-bond acceptors (Lipinski definition) is 5. The first-order chi connectivity index (χ1) is 13.6. The monoisotopic (exact) mass is 414 g/mol. The molecular formula is C20H22N4O4S. The predicted octanol–water partition coefficient (Wildman–Crippen LogP) is 2.46. The lowest BCUT2D eigenvalue weighted by Crippen LogP contribution is -2.48. The van der Waals surface area contributed by atoms with Crippen molar-refractivity contribution in [3.05, 3.63) is 53.9 Å². The van der Waals surface area contributed by atoms with Crippen LogP contribution in [0.5, 0.6) is 5.75 Å². The Morgan fingerprint density at radius 3 is 2.90 bits per heavy atom. The Labute approximate surface area is 169 Å². The van der Waals surface area contributed by atoms with Crippen molar-refractivity contribution in [3.8, 4) is 11.8 Å². The van der Waals surface area contributed by atoms with E-state index in [9.17, 15) is 18.5 Å². The maximum absolute atomic E-state index is 12.9. The predicted molar refractivity (Wildman–Crippen MR) is 108 cm³/mol. The number of nitrogens with one attached hydrogen (secondary N) is 2. The highest BCUT2D eigenvalue weighted by atomic mass is 32.2. The molecule has 3 rings (SSSR count). The minimum Gasteiger partial charge on any atom is -0.488 e. The molecule has 0 saturated carbocycles. The molecule has 0 radical (unpaired) electrons. The van der Waals surface area contributed by atoms with Gasteiger partial charge in [0.15, 0.2) is 11.4 Å². The summed E-state index contributed by atoms with van der Waals surface area (Å²) in [5.74, 6) is -0.540. The summed E-state index contributed by atoms with van der Waals surface area (Å²) in [6, 6.07) is 7.04. The van der Waals surface area contributed by atoms with Crippen molar-refractivity contribution >= 4 is 21.6 Å². The molecule has 152 valence electrons. The van der Waals surface area contributed by atoms with Crippen molar-refractivity contribution in [1.82, 2.24) is 9.29 Å². The summed E-state index contributed by atoms with van der Waals surface area (Å²) < 4.78 is 35.5. The van der Waals surface area contributed by atoms with Crippen molar-refractivity contribution < 1.29 is 17.9 Å². The number of nitriles is 1. The zero-order valence-electron chi connectivity index (χ0n) is 16.4. The number of nitrogens with zero attached hydrogens (tertiary/aromatic N) is 2. The average Bonchev–Trinajstić information content (AvgIpc) is 2.94. The van der Waals surface area contributed by atoms with Gasteiger partial charge in [-0.25, -0.2) is 13.1 Å². The number of fused-ring (bicyclic) bond motifs is 1. The van der Waals surface area contributed by atoms with Gasteiger partial charge in [0.05, 0.1) is 17.2 Å². The van der Waals surface area contributed by atoms with Gasteiger partial charge in [-0.3, -0.25) is 4.79 Å². The Balaban J connectivity index is 1.99. The molecule has 9 heteroatoms. The fraction of sp³-hybridized carbons (Fsp3) is 0.300. The third kappa shape index (κ3) is 3.90. The molecule has 1 aromatic heterocycles.